The highest BCUT2D eigenvalue weighted by atomic mass is 32.1. The predicted molar refractivity (Wildman–Crippen MR) is 83.9 cm³/mol. The van der Waals surface area contributed by atoms with Gasteiger partial charge in [-0.3, -0.25) is 0 Å². The van der Waals surface area contributed by atoms with Gasteiger partial charge in [0.1, 0.15) is 23.6 Å². The van der Waals surface area contributed by atoms with Crippen LogP contribution in [0.15, 0.2) is 10.9 Å². The number of ether oxygens (including phenoxy) is 1. The van der Waals surface area contributed by atoms with E-state index in [9.17, 15) is 0 Å². The molecule has 0 saturated carbocycles. The second-order valence-electron chi connectivity index (χ2n) is 4.78. The first-order valence-corrected chi connectivity index (χ1v) is 7.81. The van der Waals surface area contributed by atoms with E-state index >= 15 is 0 Å². The lowest BCUT2D eigenvalue weighted by molar-refractivity contribution is 0.151. The monoisotopic (exact) mass is 319 g/mol. The van der Waals surface area contributed by atoms with Crippen LogP contribution in [0.1, 0.15) is 29.1 Å². The topological polar surface area (TPSA) is 86.0 Å². The molecule has 0 aromatic carbocycles. The van der Waals surface area contributed by atoms with E-state index in [2.05, 4.69) is 39.3 Å². The number of aromatic nitrogens is 4. The summed E-state index contributed by atoms with van der Waals surface area (Å²) >= 11 is 1.69. The zero-order chi connectivity index (χ0) is 15.5. The third kappa shape index (κ3) is 2.79. The summed E-state index contributed by atoms with van der Waals surface area (Å²) in [5.74, 6) is 1.85. The van der Waals surface area contributed by atoms with Crippen molar-refractivity contribution in [2.75, 3.05) is 12.4 Å². The third-order valence-corrected chi connectivity index (χ3v) is 4.39. The quantitative estimate of drug-likeness (QED) is 0.747. The molecule has 0 aliphatic carbocycles. The number of thiophene rings is 1. The predicted octanol–water partition coefficient (Wildman–Crippen LogP) is 2.70. The zero-order valence-electron chi connectivity index (χ0n) is 12.7. The smallest absolute Gasteiger partial charge is 0.252 e. The number of anilines is 1. The first-order chi connectivity index (χ1) is 10.7. The first-order valence-electron chi connectivity index (χ1n) is 7.00. The second-order valence-corrected chi connectivity index (χ2v) is 5.99. The molecule has 1 N–H and O–H groups in total. The Kier molecular flexibility index (Phi) is 4.30. The average molecular weight is 319 g/mol. The van der Waals surface area contributed by atoms with Crippen LogP contribution in [0.5, 0.6) is 0 Å². The Hall–Kier alpha value is -2.06. The van der Waals surface area contributed by atoms with Crippen molar-refractivity contribution >= 4 is 27.4 Å². The molecule has 3 rings (SSSR count). The van der Waals surface area contributed by atoms with Gasteiger partial charge in [0.15, 0.2) is 5.82 Å². The van der Waals surface area contributed by atoms with Crippen molar-refractivity contribution in [2.45, 2.75) is 33.4 Å². The lowest BCUT2D eigenvalue weighted by atomic mass is 10.1. The minimum atomic E-state index is 0.314. The van der Waals surface area contributed by atoms with Gasteiger partial charge >= 0.3 is 0 Å². The number of rotatable bonds is 6. The Morgan fingerprint density at radius 1 is 1.36 bits per heavy atom. The van der Waals surface area contributed by atoms with Crippen LogP contribution >= 0.6 is 11.3 Å². The number of methoxy groups -OCH3 is 1. The van der Waals surface area contributed by atoms with Crippen LogP contribution < -0.4 is 5.32 Å². The standard InChI is InChI=1S/C14H17N5O2S/c1-4-9-8(2)22-14-12(9)13(16-7-17-14)15-5-10-18-11(6-20-3)21-19-10/h7H,4-6H2,1-3H3,(H,15,16,17). The fourth-order valence-electron chi connectivity index (χ4n) is 2.37. The lowest BCUT2D eigenvalue weighted by Gasteiger charge is -2.05. The number of fused-ring (bicyclic) bond motifs is 1. The maximum atomic E-state index is 5.07. The van der Waals surface area contributed by atoms with E-state index in [1.165, 1.54) is 10.4 Å². The number of nitrogens with one attached hydrogen (secondary N) is 1. The van der Waals surface area contributed by atoms with Crippen LogP contribution in [0.3, 0.4) is 0 Å². The molecule has 0 unspecified atom stereocenters. The zero-order valence-corrected chi connectivity index (χ0v) is 13.5. The van der Waals surface area contributed by atoms with Crippen LogP contribution in [0.25, 0.3) is 10.2 Å². The molecule has 0 fully saturated rings. The Labute approximate surface area is 131 Å². The number of nitrogens with zero attached hydrogens (tertiary/aromatic N) is 4. The fourth-order valence-corrected chi connectivity index (χ4v) is 3.45. The van der Waals surface area contributed by atoms with Crippen molar-refractivity contribution in [3.8, 4) is 0 Å². The van der Waals surface area contributed by atoms with E-state index < -0.39 is 0 Å². The van der Waals surface area contributed by atoms with Gasteiger partial charge in [-0.05, 0) is 18.9 Å². The molecule has 116 valence electrons. The van der Waals surface area contributed by atoms with E-state index in [1.807, 2.05) is 0 Å². The Balaban J connectivity index is 1.84. The second kappa shape index (κ2) is 6.37. The van der Waals surface area contributed by atoms with Crippen LogP contribution in [0, 0.1) is 6.92 Å². The summed E-state index contributed by atoms with van der Waals surface area (Å²) in [7, 11) is 1.59. The van der Waals surface area contributed by atoms with Crippen molar-refractivity contribution in [3.05, 3.63) is 28.5 Å². The molecule has 7 nitrogen and oxygen atoms in total. The molecule has 3 aromatic rings. The summed E-state index contributed by atoms with van der Waals surface area (Å²) in [6.45, 7) is 5.01. The van der Waals surface area contributed by atoms with E-state index in [0.717, 1.165) is 22.5 Å². The van der Waals surface area contributed by atoms with Crippen LogP contribution in [-0.2, 0) is 24.3 Å². The fraction of sp³-hybridized carbons (Fsp3) is 0.429. The molecule has 0 amide bonds. The summed E-state index contributed by atoms with van der Waals surface area (Å²) in [6, 6.07) is 0. The van der Waals surface area contributed by atoms with Gasteiger partial charge in [-0.15, -0.1) is 11.3 Å². The summed E-state index contributed by atoms with van der Waals surface area (Å²) in [5, 5.41) is 8.28. The Morgan fingerprint density at radius 2 is 2.23 bits per heavy atom. The summed E-state index contributed by atoms with van der Waals surface area (Å²) < 4.78 is 10.0. The molecular formula is C14H17N5O2S. The lowest BCUT2D eigenvalue weighted by Crippen LogP contribution is -2.04. The Morgan fingerprint density at radius 3 is 3.00 bits per heavy atom. The number of hydrogen-bond donors (Lipinski definition) is 1. The molecule has 0 aliphatic rings. The van der Waals surface area contributed by atoms with Gasteiger partial charge in [0.25, 0.3) is 5.89 Å². The van der Waals surface area contributed by atoms with Gasteiger partial charge in [0, 0.05) is 12.0 Å². The van der Waals surface area contributed by atoms with Gasteiger partial charge in [-0.25, -0.2) is 9.97 Å². The van der Waals surface area contributed by atoms with Gasteiger partial charge in [0.05, 0.1) is 11.9 Å². The highest BCUT2D eigenvalue weighted by Gasteiger charge is 2.14. The molecule has 3 heterocycles. The molecule has 0 atom stereocenters. The van der Waals surface area contributed by atoms with Crippen molar-refractivity contribution in [3.63, 3.8) is 0 Å². The van der Waals surface area contributed by atoms with E-state index in [1.54, 1.807) is 24.8 Å². The van der Waals surface area contributed by atoms with Crippen molar-refractivity contribution < 1.29 is 9.26 Å². The highest BCUT2D eigenvalue weighted by molar-refractivity contribution is 7.18. The maximum absolute atomic E-state index is 5.07. The van der Waals surface area contributed by atoms with Crippen molar-refractivity contribution in [2.24, 2.45) is 0 Å². The van der Waals surface area contributed by atoms with E-state index in [4.69, 9.17) is 9.26 Å². The van der Waals surface area contributed by atoms with Crippen LogP contribution in [0.4, 0.5) is 5.82 Å². The van der Waals surface area contributed by atoms with Gasteiger partial charge < -0.3 is 14.6 Å². The normalized spacial score (nSPS) is 11.2. The van der Waals surface area contributed by atoms with Gasteiger partial charge in [-0.2, -0.15) is 4.98 Å². The molecule has 8 heteroatoms. The third-order valence-electron chi connectivity index (χ3n) is 3.33. The number of hydrogen-bond acceptors (Lipinski definition) is 8. The molecule has 0 saturated heterocycles. The molecular weight excluding hydrogens is 302 g/mol. The SMILES string of the molecule is CCc1c(C)sc2ncnc(NCc3noc(COC)n3)c12. The molecule has 3 aromatic heterocycles. The van der Waals surface area contributed by atoms with E-state index in [0.29, 0.717) is 24.9 Å². The minimum Gasteiger partial charge on any atom is -0.375 e. The van der Waals surface area contributed by atoms with E-state index in [-0.39, 0.29) is 0 Å². The van der Waals surface area contributed by atoms with Gasteiger partial charge in [0.2, 0.25) is 0 Å². The molecule has 0 bridgehead atoms. The van der Waals surface area contributed by atoms with Crippen LogP contribution in [0.2, 0.25) is 0 Å². The first kappa shape index (κ1) is 14.9. The summed E-state index contributed by atoms with van der Waals surface area (Å²) in [5.41, 5.74) is 1.29. The summed E-state index contributed by atoms with van der Waals surface area (Å²) in [4.78, 5) is 15.2. The van der Waals surface area contributed by atoms with Crippen molar-refractivity contribution in [1.29, 1.82) is 0 Å². The summed E-state index contributed by atoms with van der Waals surface area (Å²) in [6.07, 6.45) is 2.53. The minimum absolute atomic E-state index is 0.314. The van der Waals surface area contributed by atoms with Gasteiger partial charge in [-0.1, -0.05) is 12.1 Å². The molecule has 0 radical (unpaired) electrons. The average Bonchev–Trinajstić information content (AvgIpc) is 3.08. The Bertz CT molecular complexity index is 783. The molecule has 0 aliphatic heterocycles. The van der Waals surface area contributed by atoms with Crippen LogP contribution in [-0.4, -0.2) is 27.2 Å². The largest absolute Gasteiger partial charge is 0.375 e. The molecule has 22 heavy (non-hydrogen) atoms. The highest BCUT2D eigenvalue weighted by Crippen LogP contribution is 2.33. The number of aryl methyl sites for hydroxylation is 2. The maximum Gasteiger partial charge on any atom is 0.252 e. The van der Waals surface area contributed by atoms with Crippen molar-refractivity contribution in [1.82, 2.24) is 20.1 Å². The molecule has 0 spiro atoms.